The molecule has 0 radical (unpaired) electrons. The van der Waals surface area contributed by atoms with E-state index in [9.17, 15) is 9.18 Å². The average Bonchev–Trinajstić information content (AvgIpc) is 3.51. The number of nitrogens with one attached hydrogen (secondary N) is 1. The zero-order valence-corrected chi connectivity index (χ0v) is 20.9. The Morgan fingerprint density at radius 1 is 1.06 bits per heavy atom. The lowest BCUT2D eigenvalue weighted by Gasteiger charge is -2.38. The molecule has 6 heteroatoms. The number of H-pyrrole nitrogens is 1. The Hall–Kier alpha value is -3.12. The molecule has 0 saturated carbocycles. The lowest BCUT2D eigenvalue weighted by Crippen LogP contribution is -2.46. The van der Waals surface area contributed by atoms with Crippen LogP contribution >= 0.6 is 0 Å². The number of piperidine rings is 2. The summed E-state index contributed by atoms with van der Waals surface area (Å²) in [4.78, 5) is 21.5. The van der Waals surface area contributed by atoms with Gasteiger partial charge in [0.1, 0.15) is 17.1 Å². The smallest absolute Gasteiger partial charge is 0.270 e. The molecule has 36 heavy (non-hydrogen) atoms. The van der Waals surface area contributed by atoms with Gasteiger partial charge in [0.15, 0.2) is 0 Å². The molecule has 1 N–H and O–H groups in total. The number of halogens is 1. The first kappa shape index (κ1) is 23.3. The van der Waals surface area contributed by atoms with Crippen LogP contribution in [0.5, 0.6) is 0 Å². The van der Waals surface area contributed by atoms with E-state index in [-0.39, 0.29) is 17.8 Å². The van der Waals surface area contributed by atoms with Crippen LogP contribution < -0.4 is 0 Å². The van der Waals surface area contributed by atoms with Crippen molar-refractivity contribution in [2.24, 2.45) is 0 Å². The Bertz CT molecular complexity index is 1380. The van der Waals surface area contributed by atoms with Gasteiger partial charge in [-0.2, -0.15) is 0 Å². The van der Waals surface area contributed by atoms with Gasteiger partial charge >= 0.3 is 0 Å². The predicted molar refractivity (Wildman–Crippen MR) is 141 cm³/mol. The predicted octanol–water partition coefficient (Wildman–Crippen LogP) is 6.63. The van der Waals surface area contributed by atoms with Gasteiger partial charge in [0, 0.05) is 41.0 Å². The summed E-state index contributed by atoms with van der Waals surface area (Å²) in [5.41, 5.74) is 4.83. The number of amides is 1. The van der Waals surface area contributed by atoms with Crippen molar-refractivity contribution in [2.45, 2.75) is 57.4 Å². The number of aryl methyl sites for hydroxylation is 1. The molecule has 1 unspecified atom stereocenters. The van der Waals surface area contributed by atoms with Crippen molar-refractivity contribution >= 4 is 27.8 Å². The molecule has 5 nitrogen and oxygen atoms in total. The minimum atomic E-state index is -0.211. The topological polar surface area (TPSA) is 52.5 Å². The Kier molecular flexibility index (Phi) is 6.30. The molecule has 4 heterocycles. The van der Waals surface area contributed by atoms with Crippen LogP contribution in [-0.2, 0) is 0 Å². The van der Waals surface area contributed by atoms with Crippen LogP contribution in [0.15, 0.2) is 53.1 Å². The van der Waals surface area contributed by atoms with Crippen molar-refractivity contribution < 1.29 is 13.6 Å². The summed E-state index contributed by atoms with van der Waals surface area (Å²) in [7, 11) is 0. The van der Waals surface area contributed by atoms with E-state index < -0.39 is 0 Å². The van der Waals surface area contributed by atoms with E-state index in [1.807, 2.05) is 12.3 Å². The second kappa shape index (κ2) is 9.74. The molecule has 6 rings (SSSR count). The molecule has 0 bridgehead atoms. The second-order valence-corrected chi connectivity index (χ2v) is 10.7. The highest BCUT2D eigenvalue weighted by Crippen LogP contribution is 2.35. The molecule has 188 valence electrons. The quantitative estimate of drug-likeness (QED) is 0.344. The first-order valence-electron chi connectivity index (χ1n) is 13.3. The number of fused-ring (bicyclic) bond motifs is 2. The van der Waals surface area contributed by atoms with Gasteiger partial charge in [0.05, 0.1) is 6.26 Å². The van der Waals surface area contributed by atoms with Gasteiger partial charge in [0.25, 0.3) is 5.91 Å². The highest BCUT2D eigenvalue weighted by molar-refractivity contribution is 5.98. The van der Waals surface area contributed by atoms with E-state index in [1.54, 1.807) is 12.1 Å². The number of likely N-dealkylation sites (tertiary alicyclic amines) is 2. The van der Waals surface area contributed by atoms with E-state index in [0.29, 0.717) is 11.6 Å². The molecular weight excluding hydrogens is 453 g/mol. The summed E-state index contributed by atoms with van der Waals surface area (Å²) in [5.74, 6) is 0.325. The molecule has 2 aliphatic heterocycles. The fraction of sp³-hybridized carbons (Fsp3) is 0.433. The van der Waals surface area contributed by atoms with Crippen molar-refractivity contribution in [2.75, 3.05) is 26.2 Å². The molecular formula is C30H34FN3O2. The molecule has 2 aliphatic rings. The van der Waals surface area contributed by atoms with Gasteiger partial charge in [-0.1, -0.05) is 11.6 Å². The lowest BCUT2D eigenvalue weighted by molar-refractivity contribution is 0.0573. The van der Waals surface area contributed by atoms with Crippen molar-refractivity contribution in [3.63, 3.8) is 0 Å². The van der Waals surface area contributed by atoms with Gasteiger partial charge in [-0.3, -0.25) is 4.79 Å². The third-order valence-electron chi connectivity index (χ3n) is 8.27. The van der Waals surface area contributed by atoms with Crippen LogP contribution in [0, 0.1) is 12.7 Å². The number of benzene rings is 2. The number of carbonyl (C=O) groups excluding carboxylic acids is 1. The van der Waals surface area contributed by atoms with E-state index in [1.165, 1.54) is 18.1 Å². The molecule has 2 aromatic heterocycles. The first-order valence-corrected chi connectivity index (χ1v) is 13.3. The second-order valence-electron chi connectivity index (χ2n) is 10.7. The molecule has 0 spiro atoms. The Morgan fingerprint density at radius 3 is 2.78 bits per heavy atom. The SMILES string of the molecule is Cc1ccc2[nH]c(C(=O)N3CCCCC3CCN3CCC(c4coc5ccc(F)cc45)CC3)cc2c1. The largest absolute Gasteiger partial charge is 0.464 e. The fourth-order valence-electron chi connectivity index (χ4n) is 6.23. The zero-order chi connectivity index (χ0) is 24.6. The van der Waals surface area contributed by atoms with Gasteiger partial charge < -0.3 is 19.2 Å². The summed E-state index contributed by atoms with van der Waals surface area (Å²) >= 11 is 0. The van der Waals surface area contributed by atoms with Crippen molar-refractivity contribution in [3.05, 3.63) is 71.4 Å². The summed E-state index contributed by atoms with van der Waals surface area (Å²) < 4.78 is 19.5. The van der Waals surface area contributed by atoms with Crippen LogP contribution in [-0.4, -0.2) is 52.9 Å². The van der Waals surface area contributed by atoms with Crippen LogP contribution in [0.1, 0.15) is 66.1 Å². The highest BCUT2D eigenvalue weighted by Gasteiger charge is 2.30. The third kappa shape index (κ3) is 4.55. The van der Waals surface area contributed by atoms with Crippen LogP contribution in [0.4, 0.5) is 4.39 Å². The maximum absolute atomic E-state index is 13.8. The number of nitrogens with zero attached hydrogens (tertiary/aromatic N) is 2. The Morgan fingerprint density at radius 2 is 1.92 bits per heavy atom. The van der Waals surface area contributed by atoms with Crippen molar-refractivity contribution in [3.8, 4) is 0 Å². The molecule has 1 atom stereocenters. The van der Waals surface area contributed by atoms with Crippen molar-refractivity contribution in [1.29, 1.82) is 0 Å². The van der Waals surface area contributed by atoms with Gasteiger partial charge in [-0.05, 0) is 101 Å². The number of hydrogen-bond donors (Lipinski definition) is 1. The van der Waals surface area contributed by atoms with Crippen LogP contribution in [0.25, 0.3) is 21.9 Å². The molecule has 1 amide bonds. The highest BCUT2D eigenvalue weighted by atomic mass is 19.1. The minimum absolute atomic E-state index is 0.131. The maximum Gasteiger partial charge on any atom is 0.270 e. The Balaban J connectivity index is 1.07. The molecule has 2 saturated heterocycles. The minimum Gasteiger partial charge on any atom is -0.464 e. The molecule has 2 fully saturated rings. The molecule has 4 aromatic rings. The number of rotatable bonds is 5. The average molecular weight is 488 g/mol. The van der Waals surface area contributed by atoms with Crippen LogP contribution in [0.2, 0.25) is 0 Å². The monoisotopic (exact) mass is 487 g/mol. The number of aromatic nitrogens is 1. The zero-order valence-electron chi connectivity index (χ0n) is 20.9. The third-order valence-corrected chi connectivity index (χ3v) is 8.27. The number of hydrogen-bond acceptors (Lipinski definition) is 3. The van der Waals surface area contributed by atoms with E-state index in [2.05, 4.69) is 39.9 Å². The van der Waals surface area contributed by atoms with E-state index in [4.69, 9.17) is 4.42 Å². The summed E-state index contributed by atoms with van der Waals surface area (Å²) in [5, 5.41) is 2.01. The van der Waals surface area contributed by atoms with Gasteiger partial charge in [-0.25, -0.2) is 4.39 Å². The Labute approximate surface area is 211 Å². The van der Waals surface area contributed by atoms with Crippen molar-refractivity contribution in [1.82, 2.24) is 14.8 Å². The standard InChI is InChI=1S/C30H34FN3O2/c1-20-5-7-27-22(16-20)17-28(32-27)30(35)34-12-3-2-4-24(34)11-15-33-13-9-21(10-14-33)26-19-36-29-8-6-23(31)18-25(26)29/h5-8,16-19,21,24,32H,2-4,9-15H2,1H3. The summed E-state index contributed by atoms with van der Waals surface area (Å²) in [6, 6.07) is 13.3. The number of aromatic amines is 1. The number of carbonyl (C=O) groups is 1. The number of furan rings is 1. The van der Waals surface area contributed by atoms with Gasteiger partial charge in [0.2, 0.25) is 0 Å². The molecule has 0 aliphatic carbocycles. The fourth-order valence-corrected chi connectivity index (χ4v) is 6.23. The van der Waals surface area contributed by atoms with E-state index >= 15 is 0 Å². The normalized spacial score (nSPS) is 19.9. The maximum atomic E-state index is 13.8. The van der Waals surface area contributed by atoms with Gasteiger partial charge in [-0.15, -0.1) is 0 Å². The molecule has 2 aromatic carbocycles. The van der Waals surface area contributed by atoms with E-state index in [0.717, 1.165) is 85.7 Å². The van der Waals surface area contributed by atoms with Crippen LogP contribution in [0.3, 0.4) is 0 Å². The first-order chi connectivity index (χ1) is 17.5. The summed E-state index contributed by atoms with van der Waals surface area (Å²) in [6.07, 6.45) is 8.27. The summed E-state index contributed by atoms with van der Waals surface area (Å²) in [6.45, 7) is 5.97. The lowest BCUT2D eigenvalue weighted by atomic mass is 9.89.